The summed E-state index contributed by atoms with van der Waals surface area (Å²) in [5.74, 6) is -0.0861. The number of aliphatic hydroxyl groups is 1. The van der Waals surface area contributed by atoms with E-state index in [0.29, 0.717) is 12.1 Å². The summed E-state index contributed by atoms with van der Waals surface area (Å²) >= 11 is 0. The first-order valence-electron chi connectivity index (χ1n) is 9.29. The van der Waals surface area contributed by atoms with E-state index in [1.807, 2.05) is 6.07 Å². The molecule has 132 valence electrons. The Kier molecular flexibility index (Phi) is 4.50. The Balaban J connectivity index is 1.44. The third-order valence-corrected chi connectivity index (χ3v) is 5.92. The number of halogens is 1. The van der Waals surface area contributed by atoms with Crippen molar-refractivity contribution in [3.8, 4) is 0 Å². The van der Waals surface area contributed by atoms with Crippen LogP contribution in [0.15, 0.2) is 18.2 Å². The number of hydrogen-bond acceptors (Lipinski definition) is 4. The lowest BCUT2D eigenvalue weighted by atomic mass is 10.1. The van der Waals surface area contributed by atoms with Crippen LogP contribution in [0.2, 0.25) is 0 Å². The summed E-state index contributed by atoms with van der Waals surface area (Å²) in [6, 6.07) is 6.64. The highest BCUT2D eigenvalue weighted by atomic mass is 19.1. The van der Waals surface area contributed by atoms with Crippen molar-refractivity contribution in [3.05, 3.63) is 29.6 Å². The largest absolute Gasteiger partial charge is 0.392 e. The van der Waals surface area contributed by atoms with Gasteiger partial charge in [-0.05, 0) is 43.9 Å². The fourth-order valence-corrected chi connectivity index (χ4v) is 4.59. The highest BCUT2D eigenvalue weighted by Crippen LogP contribution is 2.28. The minimum Gasteiger partial charge on any atom is -0.392 e. The second kappa shape index (κ2) is 6.62. The van der Waals surface area contributed by atoms with Crippen LogP contribution in [-0.2, 0) is 6.54 Å². The highest BCUT2D eigenvalue weighted by molar-refractivity contribution is 5.49. The van der Waals surface area contributed by atoms with Gasteiger partial charge >= 0.3 is 0 Å². The first-order chi connectivity index (χ1) is 11.6. The second-order valence-electron chi connectivity index (χ2n) is 7.76. The summed E-state index contributed by atoms with van der Waals surface area (Å²) in [6.45, 7) is 7.74. The quantitative estimate of drug-likeness (QED) is 0.917. The Bertz CT molecular complexity index is 590. The Labute approximate surface area is 143 Å². The molecular formula is C19H28FN3O. The molecule has 0 aromatic heterocycles. The molecule has 3 aliphatic heterocycles. The lowest BCUT2D eigenvalue weighted by molar-refractivity contribution is 0.0528. The molecule has 1 aromatic carbocycles. The third-order valence-electron chi connectivity index (χ3n) is 5.92. The van der Waals surface area contributed by atoms with Crippen molar-refractivity contribution in [1.82, 2.24) is 9.80 Å². The van der Waals surface area contributed by atoms with E-state index in [-0.39, 0.29) is 11.9 Å². The number of fused-ring (bicyclic) bond motifs is 1. The van der Waals surface area contributed by atoms with Crippen LogP contribution in [0.5, 0.6) is 0 Å². The van der Waals surface area contributed by atoms with Gasteiger partial charge in [-0.25, -0.2) is 4.39 Å². The monoisotopic (exact) mass is 333 g/mol. The highest BCUT2D eigenvalue weighted by Gasteiger charge is 2.38. The third kappa shape index (κ3) is 3.17. The van der Waals surface area contributed by atoms with Gasteiger partial charge in [-0.1, -0.05) is 6.07 Å². The Morgan fingerprint density at radius 3 is 2.71 bits per heavy atom. The average Bonchev–Trinajstić information content (AvgIpc) is 3.17. The van der Waals surface area contributed by atoms with Gasteiger partial charge in [0.2, 0.25) is 0 Å². The zero-order valence-electron chi connectivity index (χ0n) is 14.5. The first kappa shape index (κ1) is 16.3. The van der Waals surface area contributed by atoms with Crippen LogP contribution in [-0.4, -0.2) is 65.8 Å². The fourth-order valence-electron chi connectivity index (χ4n) is 4.59. The molecule has 0 amide bonds. The van der Waals surface area contributed by atoms with Gasteiger partial charge in [-0.3, -0.25) is 9.80 Å². The van der Waals surface area contributed by atoms with Crippen molar-refractivity contribution in [2.24, 2.45) is 0 Å². The number of nitrogens with zero attached hydrogens (tertiary/aromatic N) is 3. The van der Waals surface area contributed by atoms with Crippen LogP contribution in [0, 0.1) is 5.82 Å². The van der Waals surface area contributed by atoms with Crippen LogP contribution in [0.25, 0.3) is 0 Å². The number of rotatable bonds is 3. The van der Waals surface area contributed by atoms with Crippen molar-refractivity contribution < 1.29 is 9.50 Å². The van der Waals surface area contributed by atoms with Crippen LogP contribution in [0.1, 0.15) is 31.7 Å². The zero-order valence-corrected chi connectivity index (χ0v) is 14.5. The van der Waals surface area contributed by atoms with Crippen molar-refractivity contribution in [2.75, 3.05) is 37.6 Å². The molecule has 3 atom stereocenters. The SMILES string of the molecule is C[C@H]1CN2C[C@H](O)CC2CN1Cc1ccc(N2CCCC2)c(F)c1. The van der Waals surface area contributed by atoms with Crippen LogP contribution < -0.4 is 4.90 Å². The van der Waals surface area contributed by atoms with Gasteiger partial charge in [0.1, 0.15) is 5.82 Å². The Hall–Kier alpha value is -1.17. The van der Waals surface area contributed by atoms with E-state index in [1.165, 1.54) is 0 Å². The predicted molar refractivity (Wildman–Crippen MR) is 93.7 cm³/mol. The van der Waals surface area contributed by atoms with Gasteiger partial charge in [-0.15, -0.1) is 0 Å². The zero-order chi connectivity index (χ0) is 16.7. The lowest BCUT2D eigenvalue weighted by Crippen LogP contribution is -2.54. The van der Waals surface area contributed by atoms with Gasteiger partial charge in [0.05, 0.1) is 11.8 Å². The number of benzene rings is 1. The van der Waals surface area contributed by atoms with Gasteiger partial charge in [0, 0.05) is 51.4 Å². The smallest absolute Gasteiger partial charge is 0.146 e. The molecule has 0 bridgehead atoms. The molecule has 0 spiro atoms. The molecule has 0 radical (unpaired) electrons. The van der Waals surface area contributed by atoms with E-state index < -0.39 is 0 Å². The van der Waals surface area contributed by atoms with Crippen LogP contribution in [0.4, 0.5) is 10.1 Å². The number of hydrogen-bond donors (Lipinski definition) is 1. The van der Waals surface area contributed by atoms with E-state index in [4.69, 9.17) is 0 Å². The maximum Gasteiger partial charge on any atom is 0.146 e. The molecule has 1 N–H and O–H groups in total. The molecule has 24 heavy (non-hydrogen) atoms. The Morgan fingerprint density at radius 2 is 1.96 bits per heavy atom. The van der Waals surface area contributed by atoms with E-state index >= 15 is 0 Å². The second-order valence-corrected chi connectivity index (χ2v) is 7.76. The molecule has 3 heterocycles. The van der Waals surface area contributed by atoms with Gasteiger partial charge in [0.15, 0.2) is 0 Å². The minimum absolute atomic E-state index is 0.0861. The molecule has 1 aromatic rings. The summed E-state index contributed by atoms with van der Waals surface area (Å²) in [5, 5.41) is 9.88. The molecule has 0 aliphatic carbocycles. The topological polar surface area (TPSA) is 30.0 Å². The van der Waals surface area contributed by atoms with Crippen molar-refractivity contribution in [3.63, 3.8) is 0 Å². The maximum atomic E-state index is 14.5. The molecule has 3 fully saturated rings. The molecule has 4 rings (SSSR count). The maximum absolute atomic E-state index is 14.5. The van der Waals surface area contributed by atoms with Crippen molar-refractivity contribution in [2.45, 2.75) is 50.9 Å². The van der Waals surface area contributed by atoms with Gasteiger partial charge < -0.3 is 10.0 Å². The van der Waals surface area contributed by atoms with E-state index in [0.717, 1.165) is 69.8 Å². The van der Waals surface area contributed by atoms with E-state index in [9.17, 15) is 9.50 Å². The van der Waals surface area contributed by atoms with Crippen LogP contribution >= 0.6 is 0 Å². The number of aliphatic hydroxyl groups excluding tert-OH is 1. The lowest BCUT2D eigenvalue weighted by Gasteiger charge is -2.42. The van der Waals surface area contributed by atoms with Gasteiger partial charge in [0.25, 0.3) is 0 Å². The van der Waals surface area contributed by atoms with Crippen molar-refractivity contribution in [1.29, 1.82) is 0 Å². The summed E-state index contributed by atoms with van der Waals surface area (Å²) in [7, 11) is 0. The molecule has 1 unspecified atom stereocenters. The normalized spacial score (nSPS) is 31.6. The molecule has 3 saturated heterocycles. The van der Waals surface area contributed by atoms with Gasteiger partial charge in [-0.2, -0.15) is 0 Å². The summed E-state index contributed by atoms with van der Waals surface area (Å²) in [6.07, 6.45) is 3.01. The molecule has 3 aliphatic rings. The summed E-state index contributed by atoms with van der Waals surface area (Å²) in [4.78, 5) is 6.99. The molecular weight excluding hydrogens is 305 g/mol. The van der Waals surface area contributed by atoms with Crippen LogP contribution in [0.3, 0.4) is 0 Å². The van der Waals surface area contributed by atoms with Crippen molar-refractivity contribution >= 4 is 5.69 Å². The predicted octanol–water partition coefficient (Wildman–Crippen LogP) is 2.07. The average molecular weight is 333 g/mol. The molecule has 5 heteroatoms. The standard InChI is InChI=1S/C19H28FN3O/c1-14-10-23-13-17(24)9-16(23)12-22(14)11-15-4-5-19(18(20)8-15)21-6-2-3-7-21/h4-5,8,14,16-17,24H,2-3,6-7,9-13H2,1H3/t14-,16?,17+/m0/s1. The number of piperazine rings is 1. The Morgan fingerprint density at radius 1 is 1.17 bits per heavy atom. The van der Waals surface area contributed by atoms with E-state index in [2.05, 4.69) is 27.7 Å². The minimum atomic E-state index is -0.181. The summed E-state index contributed by atoms with van der Waals surface area (Å²) < 4.78 is 14.5. The fraction of sp³-hybridized carbons (Fsp3) is 0.684. The molecule has 4 nitrogen and oxygen atoms in total. The number of anilines is 1. The molecule has 0 saturated carbocycles. The first-order valence-corrected chi connectivity index (χ1v) is 9.29. The van der Waals surface area contributed by atoms with E-state index in [1.54, 1.807) is 6.07 Å². The summed E-state index contributed by atoms with van der Waals surface area (Å²) in [5.41, 5.74) is 1.81.